The van der Waals surface area contributed by atoms with Crippen LogP contribution in [0.2, 0.25) is 0 Å². The summed E-state index contributed by atoms with van der Waals surface area (Å²) in [5.41, 5.74) is 0.439. The van der Waals surface area contributed by atoms with Gasteiger partial charge in [-0.15, -0.1) is 35.3 Å². The minimum Gasteiger partial charge on any atom is -0.465 e. The van der Waals surface area contributed by atoms with Crippen LogP contribution < -0.4 is 10.6 Å². The Morgan fingerprint density at radius 1 is 1.42 bits per heavy atom. The van der Waals surface area contributed by atoms with Crippen molar-refractivity contribution in [2.45, 2.75) is 26.9 Å². The number of aryl methyl sites for hydroxylation is 1. The van der Waals surface area contributed by atoms with Crippen molar-refractivity contribution in [1.82, 2.24) is 10.6 Å². The van der Waals surface area contributed by atoms with Crippen LogP contribution >= 0.6 is 35.3 Å². The summed E-state index contributed by atoms with van der Waals surface area (Å²) >= 11 is 1.69. The van der Waals surface area contributed by atoms with Crippen LogP contribution in [0.15, 0.2) is 33.0 Å². The van der Waals surface area contributed by atoms with Crippen LogP contribution in [0.4, 0.5) is 0 Å². The number of halogens is 1. The quantitative estimate of drug-likeness (QED) is 0.298. The standard InChI is InChI=1S/C16H21N3O3S.HI/c1-4-17-16(19-10-13-6-5-7-23-13)18-9-12-8-14(11(2)22-12)15(20)21-3;/h5-8H,4,9-10H2,1-3H3,(H2,17,18,19);1H. The fourth-order valence-electron chi connectivity index (χ4n) is 2.02. The zero-order valence-electron chi connectivity index (χ0n) is 13.9. The molecule has 8 heteroatoms. The highest BCUT2D eigenvalue weighted by atomic mass is 127. The number of ether oxygens (including phenoxy) is 1. The highest BCUT2D eigenvalue weighted by Crippen LogP contribution is 2.16. The molecule has 2 aromatic rings. The van der Waals surface area contributed by atoms with Crippen molar-refractivity contribution >= 4 is 47.2 Å². The van der Waals surface area contributed by atoms with E-state index in [2.05, 4.69) is 21.7 Å². The Kier molecular flexibility index (Phi) is 8.83. The summed E-state index contributed by atoms with van der Waals surface area (Å²) in [5.74, 6) is 1.47. The first-order chi connectivity index (χ1) is 11.1. The maximum atomic E-state index is 11.6. The number of methoxy groups -OCH3 is 1. The number of furan rings is 1. The average Bonchev–Trinajstić information content (AvgIpc) is 3.19. The van der Waals surface area contributed by atoms with Crippen molar-refractivity contribution in [3.63, 3.8) is 0 Å². The third-order valence-corrected chi connectivity index (χ3v) is 4.00. The number of thiophene rings is 1. The molecule has 2 heterocycles. The molecular weight excluding hydrogens is 441 g/mol. The molecule has 0 saturated carbocycles. The van der Waals surface area contributed by atoms with Gasteiger partial charge in [-0.1, -0.05) is 6.07 Å². The molecule has 0 unspecified atom stereocenters. The molecule has 24 heavy (non-hydrogen) atoms. The molecule has 0 aliphatic rings. The van der Waals surface area contributed by atoms with Crippen LogP contribution in [0.5, 0.6) is 0 Å². The van der Waals surface area contributed by atoms with Gasteiger partial charge in [0.05, 0.1) is 13.7 Å². The topological polar surface area (TPSA) is 75.9 Å². The van der Waals surface area contributed by atoms with Crippen LogP contribution in [0, 0.1) is 6.92 Å². The van der Waals surface area contributed by atoms with Crippen LogP contribution in [0.3, 0.4) is 0 Å². The van der Waals surface area contributed by atoms with Gasteiger partial charge in [0.1, 0.15) is 23.6 Å². The molecule has 0 saturated heterocycles. The van der Waals surface area contributed by atoms with Gasteiger partial charge < -0.3 is 19.8 Å². The predicted octanol–water partition coefficient (Wildman–Crippen LogP) is 3.31. The molecule has 0 aliphatic carbocycles. The average molecular weight is 463 g/mol. The van der Waals surface area contributed by atoms with Gasteiger partial charge in [-0.2, -0.15) is 0 Å². The number of carbonyl (C=O) groups excluding carboxylic acids is 1. The Morgan fingerprint density at radius 3 is 2.83 bits per heavy atom. The first kappa shape index (κ1) is 20.5. The molecule has 0 atom stereocenters. The largest absolute Gasteiger partial charge is 0.465 e. The van der Waals surface area contributed by atoms with Crippen molar-refractivity contribution in [2.75, 3.05) is 13.7 Å². The first-order valence-electron chi connectivity index (χ1n) is 7.36. The molecular formula is C16H22IN3O3S. The maximum absolute atomic E-state index is 11.6. The molecule has 0 bridgehead atoms. The van der Waals surface area contributed by atoms with Crippen molar-refractivity contribution < 1.29 is 13.9 Å². The molecule has 0 fully saturated rings. The van der Waals surface area contributed by atoms with E-state index in [0.29, 0.717) is 36.1 Å². The normalized spacial score (nSPS) is 10.9. The summed E-state index contributed by atoms with van der Waals surface area (Å²) in [6, 6.07) is 5.76. The van der Waals surface area contributed by atoms with Crippen LogP contribution in [-0.2, 0) is 17.8 Å². The smallest absolute Gasteiger partial charge is 0.341 e. The zero-order chi connectivity index (χ0) is 16.7. The summed E-state index contributed by atoms with van der Waals surface area (Å²) in [5, 5.41) is 8.49. The summed E-state index contributed by atoms with van der Waals surface area (Å²) in [4.78, 5) is 17.3. The minimum absolute atomic E-state index is 0. The number of nitrogens with one attached hydrogen (secondary N) is 2. The van der Waals surface area contributed by atoms with E-state index in [1.807, 2.05) is 18.4 Å². The molecule has 2 N–H and O–H groups in total. The minimum atomic E-state index is -0.399. The van der Waals surface area contributed by atoms with E-state index in [1.54, 1.807) is 24.3 Å². The van der Waals surface area contributed by atoms with Gasteiger partial charge in [-0.3, -0.25) is 0 Å². The fraction of sp³-hybridized carbons (Fsp3) is 0.375. The molecule has 132 valence electrons. The fourth-order valence-corrected chi connectivity index (χ4v) is 2.66. The number of guanidine groups is 1. The second-order valence-electron chi connectivity index (χ2n) is 4.80. The predicted molar refractivity (Wildman–Crippen MR) is 106 cm³/mol. The maximum Gasteiger partial charge on any atom is 0.341 e. The Hall–Kier alpha value is -1.55. The third-order valence-electron chi connectivity index (χ3n) is 3.12. The number of carbonyl (C=O) groups is 1. The van der Waals surface area contributed by atoms with Crippen molar-refractivity contribution in [3.8, 4) is 0 Å². The van der Waals surface area contributed by atoms with Gasteiger partial charge >= 0.3 is 5.97 Å². The van der Waals surface area contributed by atoms with Gasteiger partial charge in [0.15, 0.2) is 5.96 Å². The van der Waals surface area contributed by atoms with E-state index >= 15 is 0 Å². The van der Waals surface area contributed by atoms with E-state index in [9.17, 15) is 4.79 Å². The lowest BCUT2D eigenvalue weighted by Crippen LogP contribution is -2.36. The van der Waals surface area contributed by atoms with E-state index in [-0.39, 0.29) is 24.0 Å². The van der Waals surface area contributed by atoms with Crippen LogP contribution in [-0.4, -0.2) is 25.6 Å². The lowest BCUT2D eigenvalue weighted by atomic mass is 10.2. The monoisotopic (exact) mass is 463 g/mol. The highest BCUT2D eigenvalue weighted by molar-refractivity contribution is 14.0. The number of aliphatic imine (C=N–C) groups is 1. The molecule has 2 aromatic heterocycles. The third kappa shape index (κ3) is 5.82. The summed E-state index contributed by atoms with van der Waals surface area (Å²) < 4.78 is 10.3. The van der Waals surface area contributed by atoms with E-state index in [4.69, 9.17) is 9.15 Å². The second kappa shape index (κ2) is 10.3. The summed E-state index contributed by atoms with van der Waals surface area (Å²) in [7, 11) is 1.35. The Balaban J connectivity index is 0.00000288. The van der Waals surface area contributed by atoms with E-state index in [0.717, 1.165) is 6.54 Å². The Morgan fingerprint density at radius 2 is 2.21 bits per heavy atom. The molecule has 0 aromatic carbocycles. The molecule has 6 nitrogen and oxygen atoms in total. The first-order valence-corrected chi connectivity index (χ1v) is 8.24. The van der Waals surface area contributed by atoms with Gasteiger partial charge in [-0.25, -0.2) is 9.79 Å². The lowest BCUT2D eigenvalue weighted by molar-refractivity contribution is 0.0599. The number of hydrogen-bond acceptors (Lipinski definition) is 5. The summed E-state index contributed by atoms with van der Waals surface area (Å²) in [6.45, 7) is 5.57. The lowest BCUT2D eigenvalue weighted by Gasteiger charge is -2.09. The van der Waals surface area contributed by atoms with E-state index in [1.165, 1.54) is 12.0 Å². The van der Waals surface area contributed by atoms with Crippen molar-refractivity contribution in [3.05, 3.63) is 45.5 Å². The van der Waals surface area contributed by atoms with Gasteiger partial charge in [0.2, 0.25) is 0 Å². The summed E-state index contributed by atoms with van der Waals surface area (Å²) in [6.07, 6.45) is 0. The number of hydrogen-bond donors (Lipinski definition) is 2. The number of esters is 1. The zero-order valence-corrected chi connectivity index (χ0v) is 17.1. The van der Waals surface area contributed by atoms with Crippen molar-refractivity contribution in [2.24, 2.45) is 4.99 Å². The van der Waals surface area contributed by atoms with Gasteiger partial charge in [0.25, 0.3) is 0 Å². The number of nitrogens with zero attached hydrogens (tertiary/aromatic N) is 1. The van der Waals surface area contributed by atoms with Gasteiger partial charge in [0, 0.05) is 11.4 Å². The number of rotatable bonds is 6. The molecule has 0 aliphatic heterocycles. The molecule has 2 rings (SSSR count). The van der Waals surface area contributed by atoms with E-state index < -0.39 is 5.97 Å². The molecule has 0 spiro atoms. The van der Waals surface area contributed by atoms with Crippen LogP contribution in [0.1, 0.15) is 33.7 Å². The molecule has 0 radical (unpaired) electrons. The van der Waals surface area contributed by atoms with Crippen molar-refractivity contribution in [1.29, 1.82) is 0 Å². The Bertz CT molecular complexity index is 668. The molecule has 0 amide bonds. The van der Waals surface area contributed by atoms with Crippen LogP contribution in [0.25, 0.3) is 0 Å². The Labute approximate surface area is 162 Å². The van der Waals surface area contributed by atoms with Gasteiger partial charge in [-0.05, 0) is 31.4 Å². The highest BCUT2D eigenvalue weighted by Gasteiger charge is 2.15. The SMILES string of the molecule is CCNC(=NCc1cc(C(=O)OC)c(C)o1)NCc1cccs1.I. The second-order valence-corrected chi connectivity index (χ2v) is 5.83.